The zero-order valence-corrected chi connectivity index (χ0v) is 6.55. The van der Waals surface area contributed by atoms with E-state index in [0.29, 0.717) is 0 Å². The smallest absolute Gasteiger partial charge is 0.325 e. The first-order valence-corrected chi connectivity index (χ1v) is 5.19. The molecule has 0 radical (unpaired) electrons. The maximum atomic E-state index is 8.70. The fourth-order valence-corrected chi connectivity index (χ4v) is 0. The van der Waals surface area contributed by atoms with Gasteiger partial charge in [-0.2, -0.15) is 0 Å². The highest BCUT2D eigenvalue weighted by Gasteiger charge is 1.93. The van der Waals surface area contributed by atoms with Crippen LogP contribution in [0.5, 0.6) is 0 Å². The summed E-state index contributed by atoms with van der Waals surface area (Å²) in [5.41, 5.74) is 0. The second-order valence-corrected chi connectivity index (χ2v) is 3.77. The van der Waals surface area contributed by atoms with Crippen LogP contribution in [0.25, 0.3) is 0 Å². The van der Waals surface area contributed by atoms with Gasteiger partial charge in [0, 0.05) is 4.57 Å². The molecule has 0 aromatic heterocycles. The van der Waals surface area contributed by atoms with Crippen LogP contribution in [0.1, 0.15) is 0 Å². The summed E-state index contributed by atoms with van der Waals surface area (Å²) in [4.78, 5) is 36.9. The summed E-state index contributed by atoms with van der Waals surface area (Å²) in [6, 6.07) is 0. The molecule has 0 saturated carbocycles. The van der Waals surface area contributed by atoms with Gasteiger partial charge in [0.05, 0.1) is 0 Å². The molecule has 9 heavy (non-hydrogen) atoms. The van der Waals surface area contributed by atoms with Gasteiger partial charge in [0.25, 0.3) is 0 Å². The van der Waals surface area contributed by atoms with E-state index in [0.717, 1.165) is 0 Å². The van der Waals surface area contributed by atoms with E-state index in [-0.39, 0.29) is 0 Å². The monoisotopic (exact) mass is 195 g/mol. The Kier molecular flexibility index (Phi) is 7.27. The molecule has 6 nitrogen and oxygen atoms in total. The fourth-order valence-electron chi connectivity index (χ4n) is 0. The van der Waals surface area contributed by atoms with Gasteiger partial charge in [0.2, 0.25) is 0 Å². The topological polar surface area (TPSA) is 118 Å². The molecule has 0 bridgehead atoms. The summed E-state index contributed by atoms with van der Waals surface area (Å²) in [7, 11) is -2.87. The van der Waals surface area contributed by atoms with Crippen molar-refractivity contribution in [1.29, 1.82) is 0 Å². The third kappa shape index (κ3) is 1210. The highest BCUT2D eigenvalue weighted by atomic mass is 32.5. The molecule has 0 saturated heterocycles. The minimum atomic E-state index is -3.81. The Morgan fingerprint density at radius 1 is 1.22 bits per heavy atom. The SMILES string of the molecule is O=[P+](O)O.OP(O)(O)=S. The van der Waals surface area contributed by atoms with Gasteiger partial charge in [-0.3, -0.25) is 0 Å². The minimum absolute atomic E-state index is 2.87. The van der Waals surface area contributed by atoms with Crippen molar-refractivity contribution in [2.24, 2.45) is 0 Å². The highest BCUT2D eigenvalue weighted by Crippen LogP contribution is 2.26. The maximum absolute atomic E-state index is 8.70. The largest absolute Gasteiger partial charge is 0.692 e. The van der Waals surface area contributed by atoms with Gasteiger partial charge >= 0.3 is 15.0 Å². The van der Waals surface area contributed by atoms with Crippen LogP contribution in [0.2, 0.25) is 0 Å². The van der Waals surface area contributed by atoms with E-state index in [2.05, 4.69) is 11.8 Å². The van der Waals surface area contributed by atoms with Crippen molar-refractivity contribution in [1.82, 2.24) is 0 Å². The van der Waals surface area contributed by atoms with Crippen molar-refractivity contribution in [2.45, 2.75) is 0 Å². The van der Waals surface area contributed by atoms with E-state index in [1.54, 1.807) is 0 Å². The Hall–Kier alpha value is 0.550. The van der Waals surface area contributed by atoms with Gasteiger partial charge < -0.3 is 14.7 Å². The normalized spacial score (nSPS) is 9.44. The lowest BCUT2D eigenvalue weighted by atomic mass is 15.8. The summed E-state index contributed by atoms with van der Waals surface area (Å²) < 4.78 is 8.70. The van der Waals surface area contributed by atoms with Crippen molar-refractivity contribution in [3.63, 3.8) is 0 Å². The molecule has 0 fully saturated rings. The summed E-state index contributed by atoms with van der Waals surface area (Å²) in [5.74, 6) is 0. The third-order valence-electron chi connectivity index (χ3n) is 0. The van der Waals surface area contributed by atoms with Gasteiger partial charge in [-0.15, -0.1) is 9.79 Å². The standard InChI is InChI=1S/H3O3PS.HO3P/c1-4(2,3)5;1-4(2)3/h(H3,1,2,3,5);(H-,1,2,3)/p+1. The molecule has 0 atom stereocenters. The van der Waals surface area contributed by atoms with Crippen LogP contribution >= 0.6 is 15.0 Å². The first-order chi connectivity index (χ1) is 3.73. The second kappa shape index (κ2) is 5.34. The first-order valence-electron chi connectivity index (χ1n) is 1.37. The van der Waals surface area contributed by atoms with Crippen LogP contribution in [0.3, 0.4) is 0 Å². The molecule has 0 rings (SSSR count). The van der Waals surface area contributed by atoms with Crippen molar-refractivity contribution < 1.29 is 29.0 Å². The number of hydrogen-bond donors (Lipinski definition) is 5. The lowest BCUT2D eigenvalue weighted by molar-refractivity contribution is 0.363. The van der Waals surface area contributed by atoms with Crippen molar-refractivity contribution >= 4 is 26.8 Å². The summed E-state index contributed by atoms with van der Waals surface area (Å²) >= 11 is 3.60. The lowest BCUT2D eigenvalue weighted by Crippen LogP contribution is -1.65. The van der Waals surface area contributed by atoms with E-state index in [4.69, 9.17) is 29.0 Å². The molecule has 9 heteroatoms. The molecule has 0 heterocycles. The second-order valence-electron chi connectivity index (χ2n) is 0.766. The van der Waals surface area contributed by atoms with E-state index >= 15 is 0 Å². The van der Waals surface area contributed by atoms with E-state index in [1.807, 2.05) is 0 Å². The van der Waals surface area contributed by atoms with Gasteiger partial charge in [-0.1, -0.05) is 0 Å². The third-order valence-corrected chi connectivity index (χ3v) is 0. The number of rotatable bonds is 0. The Morgan fingerprint density at radius 2 is 1.22 bits per heavy atom. The van der Waals surface area contributed by atoms with Crippen LogP contribution in [0.15, 0.2) is 0 Å². The Morgan fingerprint density at radius 3 is 1.22 bits per heavy atom. The summed E-state index contributed by atoms with van der Waals surface area (Å²) in [6.07, 6.45) is 0. The van der Waals surface area contributed by atoms with Crippen molar-refractivity contribution in [3.8, 4) is 0 Å². The van der Waals surface area contributed by atoms with E-state index < -0.39 is 15.0 Å². The Bertz CT molecular complexity index is 111. The Labute approximate surface area is 56.6 Å². The minimum Gasteiger partial charge on any atom is -0.325 e. The molecule has 0 aromatic carbocycles. The average molecular weight is 195 g/mol. The number of hydrogen-bond acceptors (Lipinski definition) is 2. The zero-order chi connectivity index (χ0) is 8.08. The zero-order valence-electron chi connectivity index (χ0n) is 3.95. The lowest BCUT2D eigenvalue weighted by Gasteiger charge is -1.88. The van der Waals surface area contributed by atoms with Gasteiger partial charge in [0.15, 0.2) is 0 Å². The van der Waals surface area contributed by atoms with Crippen LogP contribution in [-0.2, 0) is 16.4 Å². The van der Waals surface area contributed by atoms with Crippen LogP contribution in [0, 0.1) is 0 Å². The predicted octanol–water partition coefficient (Wildman–Crippen LogP) is -1.18. The molecule has 56 valence electrons. The fraction of sp³-hybridized carbons (Fsp3) is 0. The van der Waals surface area contributed by atoms with Gasteiger partial charge in [-0.05, 0) is 11.8 Å². The quantitative estimate of drug-likeness (QED) is 0.308. The molecular weight excluding hydrogens is 190 g/mol. The first kappa shape index (κ1) is 12.2. The summed E-state index contributed by atoms with van der Waals surface area (Å²) in [5, 5.41) is 0. The van der Waals surface area contributed by atoms with Crippen molar-refractivity contribution in [2.75, 3.05) is 0 Å². The predicted molar refractivity (Wildman–Crippen MR) is 33.0 cm³/mol. The Balaban J connectivity index is 0. The molecule has 0 amide bonds. The maximum Gasteiger partial charge on any atom is 0.692 e. The van der Waals surface area contributed by atoms with Gasteiger partial charge in [0.1, 0.15) is 0 Å². The van der Waals surface area contributed by atoms with Crippen LogP contribution < -0.4 is 0 Å². The van der Waals surface area contributed by atoms with Crippen molar-refractivity contribution in [3.05, 3.63) is 0 Å². The molecule has 0 aliphatic heterocycles. The molecule has 0 spiro atoms. The molecule has 0 unspecified atom stereocenters. The van der Waals surface area contributed by atoms with Crippen LogP contribution in [0.4, 0.5) is 0 Å². The molecular formula is H5O6P2S+. The van der Waals surface area contributed by atoms with E-state index in [1.165, 1.54) is 0 Å². The molecule has 0 aliphatic carbocycles. The molecule has 0 aromatic rings. The molecule has 0 aliphatic rings. The summed E-state index contributed by atoms with van der Waals surface area (Å²) in [6.45, 7) is -3.81. The van der Waals surface area contributed by atoms with E-state index in [9.17, 15) is 0 Å². The van der Waals surface area contributed by atoms with Crippen LogP contribution in [-0.4, -0.2) is 24.5 Å². The molecule has 5 N–H and O–H groups in total. The van der Waals surface area contributed by atoms with Gasteiger partial charge in [-0.25, -0.2) is 0 Å². The highest BCUT2D eigenvalue weighted by molar-refractivity contribution is 8.06. The average Bonchev–Trinajstić information content (AvgIpc) is 1.19.